The van der Waals surface area contributed by atoms with Crippen molar-refractivity contribution in [1.29, 1.82) is 0 Å². The van der Waals surface area contributed by atoms with Crippen molar-refractivity contribution in [2.45, 2.75) is 20.3 Å². The Balaban J connectivity index is 2.55. The molecule has 1 heterocycles. The summed E-state index contributed by atoms with van der Waals surface area (Å²) in [6.07, 6.45) is 4.07. The van der Waals surface area contributed by atoms with Gasteiger partial charge < -0.3 is 10.6 Å². The van der Waals surface area contributed by atoms with Crippen LogP contribution in [-0.2, 0) is 0 Å². The number of nitrogens with one attached hydrogen (secondary N) is 2. The Hall–Kier alpha value is -1.91. The maximum absolute atomic E-state index is 11.7. The second kappa shape index (κ2) is 7.42. The molecule has 98 valence electrons. The molecule has 0 aromatic carbocycles. The molecule has 5 nitrogen and oxygen atoms in total. The predicted octanol–water partition coefficient (Wildman–Crippen LogP) is 1.85. The monoisotopic (exact) mass is 248 g/mol. The van der Waals surface area contributed by atoms with Crippen molar-refractivity contribution in [1.82, 2.24) is 15.3 Å². The second-order valence-corrected chi connectivity index (χ2v) is 4.40. The lowest BCUT2D eigenvalue weighted by Gasteiger charge is -2.08. The van der Waals surface area contributed by atoms with Crippen molar-refractivity contribution < 1.29 is 4.79 Å². The quantitative estimate of drug-likeness (QED) is 0.723. The normalized spacial score (nSPS) is 10.2. The fourth-order valence-corrected chi connectivity index (χ4v) is 1.32. The van der Waals surface area contributed by atoms with Crippen molar-refractivity contribution in [3.63, 3.8) is 0 Å². The van der Waals surface area contributed by atoms with Crippen LogP contribution in [0.2, 0.25) is 0 Å². The number of carbonyl (C=O) groups excluding carboxylic acids is 1. The number of carbonyl (C=O) groups is 1. The molecule has 1 aromatic heterocycles. The summed E-state index contributed by atoms with van der Waals surface area (Å²) in [5.41, 5.74) is 0.360. The van der Waals surface area contributed by atoms with Gasteiger partial charge in [0.15, 0.2) is 0 Å². The minimum atomic E-state index is -0.218. The third kappa shape index (κ3) is 4.95. The summed E-state index contributed by atoms with van der Waals surface area (Å²) in [6.45, 7) is 9.13. The van der Waals surface area contributed by atoms with Gasteiger partial charge in [-0.25, -0.2) is 9.97 Å². The molecule has 0 radical (unpaired) electrons. The maximum Gasteiger partial charge on any atom is 0.270 e. The van der Waals surface area contributed by atoms with E-state index in [9.17, 15) is 4.79 Å². The molecule has 0 saturated carbocycles. The van der Waals surface area contributed by atoms with Gasteiger partial charge in [0.1, 0.15) is 17.8 Å². The van der Waals surface area contributed by atoms with Gasteiger partial charge in [-0.15, -0.1) is 6.58 Å². The molecule has 0 unspecified atom stereocenters. The third-order valence-electron chi connectivity index (χ3n) is 2.33. The third-order valence-corrected chi connectivity index (χ3v) is 2.33. The van der Waals surface area contributed by atoms with E-state index < -0.39 is 0 Å². The molecule has 2 N–H and O–H groups in total. The van der Waals surface area contributed by atoms with E-state index in [-0.39, 0.29) is 5.91 Å². The van der Waals surface area contributed by atoms with E-state index in [0.29, 0.717) is 24.0 Å². The van der Waals surface area contributed by atoms with E-state index in [1.807, 2.05) is 0 Å². The van der Waals surface area contributed by atoms with Gasteiger partial charge in [0.25, 0.3) is 5.91 Å². The van der Waals surface area contributed by atoms with E-state index in [2.05, 4.69) is 41.0 Å². The molecule has 18 heavy (non-hydrogen) atoms. The zero-order chi connectivity index (χ0) is 13.4. The summed E-state index contributed by atoms with van der Waals surface area (Å²) in [5.74, 6) is 1.09. The first-order valence-electron chi connectivity index (χ1n) is 6.08. The summed E-state index contributed by atoms with van der Waals surface area (Å²) in [6, 6.07) is 1.65. The van der Waals surface area contributed by atoms with Crippen molar-refractivity contribution in [2.24, 2.45) is 5.92 Å². The van der Waals surface area contributed by atoms with Crippen LogP contribution in [0.25, 0.3) is 0 Å². The molecular formula is C13H20N4O. The van der Waals surface area contributed by atoms with Gasteiger partial charge in [0, 0.05) is 19.2 Å². The predicted molar refractivity (Wildman–Crippen MR) is 72.5 cm³/mol. The van der Waals surface area contributed by atoms with Gasteiger partial charge in [-0.2, -0.15) is 0 Å². The molecular weight excluding hydrogens is 228 g/mol. The van der Waals surface area contributed by atoms with E-state index in [1.165, 1.54) is 6.33 Å². The number of anilines is 1. The number of aromatic nitrogens is 2. The van der Waals surface area contributed by atoms with Gasteiger partial charge in [-0.3, -0.25) is 4.79 Å². The topological polar surface area (TPSA) is 66.9 Å². The molecule has 0 saturated heterocycles. The molecule has 0 aliphatic rings. The lowest BCUT2D eigenvalue weighted by atomic mass is 10.1. The van der Waals surface area contributed by atoms with Crippen LogP contribution in [0.1, 0.15) is 30.8 Å². The first-order valence-corrected chi connectivity index (χ1v) is 6.08. The Kier molecular flexibility index (Phi) is 5.84. The van der Waals surface area contributed by atoms with Gasteiger partial charge in [0.2, 0.25) is 0 Å². The van der Waals surface area contributed by atoms with Crippen molar-refractivity contribution in [3.05, 3.63) is 30.7 Å². The van der Waals surface area contributed by atoms with Crippen LogP contribution in [0.4, 0.5) is 5.82 Å². The number of rotatable bonds is 7. The fraction of sp³-hybridized carbons (Fsp3) is 0.462. The molecule has 0 bridgehead atoms. The Morgan fingerprint density at radius 2 is 2.28 bits per heavy atom. The smallest absolute Gasteiger partial charge is 0.270 e. The standard InChI is InChI=1S/C13H20N4O/c1-4-6-15-13(18)11-8-12(17-9-16-11)14-7-5-10(2)3/h4,8-10H,1,5-7H2,2-3H3,(H,15,18)(H,14,16,17). The lowest BCUT2D eigenvalue weighted by Crippen LogP contribution is -2.24. The number of hydrogen-bond acceptors (Lipinski definition) is 4. The summed E-state index contributed by atoms with van der Waals surface area (Å²) < 4.78 is 0. The van der Waals surface area contributed by atoms with Crippen LogP contribution in [-0.4, -0.2) is 29.0 Å². The van der Waals surface area contributed by atoms with E-state index >= 15 is 0 Å². The maximum atomic E-state index is 11.7. The molecule has 1 amide bonds. The highest BCUT2D eigenvalue weighted by atomic mass is 16.1. The van der Waals surface area contributed by atoms with Crippen LogP contribution in [0.15, 0.2) is 25.0 Å². The molecule has 0 spiro atoms. The summed E-state index contributed by atoms with van der Waals surface area (Å²) in [7, 11) is 0. The lowest BCUT2D eigenvalue weighted by molar-refractivity contribution is 0.0953. The minimum absolute atomic E-state index is 0.218. The zero-order valence-electron chi connectivity index (χ0n) is 10.9. The van der Waals surface area contributed by atoms with E-state index in [1.54, 1.807) is 12.1 Å². The summed E-state index contributed by atoms with van der Waals surface area (Å²) in [5, 5.41) is 5.85. The van der Waals surface area contributed by atoms with Crippen LogP contribution in [0.3, 0.4) is 0 Å². The van der Waals surface area contributed by atoms with Crippen LogP contribution in [0.5, 0.6) is 0 Å². The zero-order valence-corrected chi connectivity index (χ0v) is 10.9. The molecule has 1 rings (SSSR count). The van der Waals surface area contributed by atoms with Gasteiger partial charge in [-0.05, 0) is 12.3 Å². The van der Waals surface area contributed by atoms with Crippen LogP contribution < -0.4 is 10.6 Å². The Morgan fingerprint density at radius 1 is 1.50 bits per heavy atom. The summed E-state index contributed by atoms with van der Waals surface area (Å²) in [4.78, 5) is 19.7. The average molecular weight is 248 g/mol. The molecule has 0 atom stereocenters. The fourth-order valence-electron chi connectivity index (χ4n) is 1.32. The highest BCUT2D eigenvalue weighted by Crippen LogP contribution is 2.05. The second-order valence-electron chi connectivity index (χ2n) is 4.40. The molecule has 1 aromatic rings. The van der Waals surface area contributed by atoms with Gasteiger partial charge in [-0.1, -0.05) is 19.9 Å². The highest BCUT2D eigenvalue weighted by Gasteiger charge is 2.07. The highest BCUT2D eigenvalue weighted by molar-refractivity contribution is 5.92. The van der Waals surface area contributed by atoms with Crippen LogP contribution in [0, 0.1) is 5.92 Å². The van der Waals surface area contributed by atoms with Gasteiger partial charge >= 0.3 is 0 Å². The van der Waals surface area contributed by atoms with Crippen molar-refractivity contribution in [3.8, 4) is 0 Å². The largest absolute Gasteiger partial charge is 0.370 e. The molecule has 5 heteroatoms. The van der Waals surface area contributed by atoms with Crippen molar-refractivity contribution >= 4 is 11.7 Å². The Bertz CT molecular complexity index is 404. The van der Waals surface area contributed by atoms with Crippen LogP contribution >= 0.6 is 0 Å². The van der Waals surface area contributed by atoms with E-state index in [0.717, 1.165) is 13.0 Å². The molecule has 0 aliphatic heterocycles. The number of nitrogens with zero attached hydrogens (tertiary/aromatic N) is 2. The van der Waals surface area contributed by atoms with Gasteiger partial charge in [0.05, 0.1) is 0 Å². The number of amides is 1. The molecule has 0 aliphatic carbocycles. The first-order chi connectivity index (χ1) is 8.63. The Morgan fingerprint density at radius 3 is 2.94 bits per heavy atom. The average Bonchev–Trinajstić information content (AvgIpc) is 2.36. The minimum Gasteiger partial charge on any atom is -0.370 e. The number of hydrogen-bond donors (Lipinski definition) is 2. The summed E-state index contributed by atoms with van der Waals surface area (Å²) >= 11 is 0. The molecule has 0 fully saturated rings. The van der Waals surface area contributed by atoms with E-state index in [4.69, 9.17) is 0 Å². The van der Waals surface area contributed by atoms with Crippen molar-refractivity contribution in [2.75, 3.05) is 18.4 Å². The first kappa shape index (κ1) is 14.2. The Labute approximate surface area is 108 Å². The SMILES string of the molecule is C=CCNC(=O)c1cc(NCCC(C)C)ncn1.